The fraction of sp³-hybridized carbons (Fsp3) is 0.368. The number of benzene rings is 2. The smallest absolute Gasteiger partial charge is 0.120 e. The zero-order valence-electron chi connectivity index (χ0n) is 12.8. The summed E-state index contributed by atoms with van der Waals surface area (Å²) in [6.45, 7) is 5.02. The van der Waals surface area contributed by atoms with E-state index in [-0.39, 0.29) is 6.10 Å². The van der Waals surface area contributed by atoms with E-state index in [1.54, 1.807) is 0 Å². The largest absolute Gasteiger partial charge is 0.491 e. The molecule has 2 unspecified atom stereocenters. The fourth-order valence-corrected chi connectivity index (χ4v) is 2.74. The molecule has 2 heteroatoms. The topological polar surface area (TPSA) is 21.3 Å². The average molecular weight is 281 g/mol. The van der Waals surface area contributed by atoms with E-state index in [1.807, 2.05) is 6.07 Å². The molecule has 2 aromatic carbocycles. The van der Waals surface area contributed by atoms with Gasteiger partial charge in [0, 0.05) is 18.5 Å². The number of rotatable bonds is 6. The molecule has 2 nitrogen and oxygen atoms in total. The first-order chi connectivity index (χ1) is 10.2. The van der Waals surface area contributed by atoms with Crippen molar-refractivity contribution in [2.45, 2.75) is 44.9 Å². The molecule has 0 radical (unpaired) electrons. The van der Waals surface area contributed by atoms with Crippen LogP contribution in [-0.4, -0.2) is 12.1 Å². The van der Waals surface area contributed by atoms with Gasteiger partial charge in [-0.15, -0.1) is 0 Å². The van der Waals surface area contributed by atoms with Crippen LogP contribution in [0.15, 0.2) is 54.6 Å². The summed E-state index contributed by atoms with van der Waals surface area (Å²) in [5, 5.41) is 3.65. The van der Waals surface area contributed by atoms with Gasteiger partial charge in [-0.3, -0.25) is 0 Å². The molecule has 110 valence electrons. The maximum absolute atomic E-state index is 5.74. The van der Waals surface area contributed by atoms with Crippen molar-refractivity contribution in [3.8, 4) is 5.75 Å². The second-order valence-corrected chi connectivity index (χ2v) is 6.05. The van der Waals surface area contributed by atoms with Gasteiger partial charge in [-0.25, -0.2) is 0 Å². The lowest BCUT2D eigenvalue weighted by Crippen LogP contribution is -2.17. The number of hydrogen-bond acceptors (Lipinski definition) is 2. The van der Waals surface area contributed by atoms with Crippen molar-refractivity contribution < 1.29 is 4.74 Å². The van der Waals surface area contributed by atoms with E-state index in [0.29, 0.717) is 12.0 Å². The highest BCUT2D eigenvalue weighted by Gasteiger charge is 2.37. The van der Waals surface area contributed by atoms with Gasteiger partial charge >= 0.3 is 0 Å². The quantitative estimate of drug-likeness (QED) is 0.860. The Morgan fingerprint density at radius 3 is 2.67 bits per heavy atom. The van der Waals surface area contributed by atoms with Crippen molar-refractivity contribution in [2.75, 3.05) is 0 Å². The van der Waals surface area contributed by atoms with Crippen molar-refractivity contribution >= 4 is 0 Å². The first kappa shape index (κ1) is 14.2. The van der Waals surface area contributed by atoms with Crippen molar-refractivity contribution in [3.63, 3.8) is 0 Å². The zero-order chi connectivity index (χ0) is 14.7. The standard InChI is InChI=1S/C19H23NO/c1-14(2)21-17-10-6-7-15(11-17)13-20-19-12-18(19)16-8-4-3-5-9-16/h3-11,14,18-20H,12-13H2,1-2H3. The van der Waals surface area contributed by atoms with E-state index >= 15 is 0 Å². The average Bonchev–Trinajstić information content (AvgIpc) is 3.25. The summed E-state index contributed by atoms with van der Waals surface area (Å²) in [4.78, 5) is 0. The third-order valence-electron chi connectivity index (χ3n) is 3.86. The first-order valence-corrected chi connectivity index (χ1v) is 7.76. The monoisotopic (exact) mass is 281 g/mol. The van der Waals surface area contributed by atoms with Gasteiger partial charge in [0.2, 0.25) is 0 Å². The second-order valence-electron chi connectivity index (χ2n) is 6.05. The minimum absolute atomic E-state index is 0.221. The number of ether oxygens (including phenoxy) is 1. The Morgan fingerprint density at radius 1 is 1.10 bits per heavy atom. The molecular formula is C19H23NO. The molecule has 1 aliphatic carbocycles. The van der Waals surface area contributed by atoms with Crippen LogP contribution in [0.5, 0.6) is 5.75 Å². The van der Waals surface area contributed by atoms with Crippen LogP contribution in [-0.2, 0) is 6.54 Å². The van der Waals surface area contributed by atoms with E-state index in [1.165, 1.54) is 17.5 Å². The second kappa shape index (κ2) is 6.31. The van der Waals surface area contributed by atoms with Crippen molar-refractivity contribution in [3.05, 3.63) is 65.7 Å². The third kappa shape index (κ3) is 3.85. The van der Waals surface area contributed by atoms with Crippen molar-refractivity contribution in [1.29, 1.82) is 0 Å². The molecule has 0 aromatic heterocycles. The van der Waals surface area contributed by atoms with Crippen LogP contribution in [0.4, 0.5) is 0 Å². The molecule has 3 rings (SSSR count). The Kier molecular flexibility index (Phi) is 4.26. The SMILES string of the molecule is CC(C)Oc1cccc(CNC2CC2c2ccccc2)c1. The van der Waals surface area contributed by atoms with Crippen LogP contribution in [0.2, 0.25) is 0 Å². The Bertz CT molecular complexity index is 579. The van der Waals surface area contributed by atoms with Gasteiger partial charge in [0.1, 0.15) is 5.75 Å². The van der Waals surface area contributed by atoms with Gasteiger partial charge in [-0.2, -0.15) is 0 Å². The molecule has 0 heterocycles. The first-order valence-electron chi connectivity index (χ1n) is 7.76. The lowest BCUT2D eigenvalue weighted by molar-refractivity contribution is 0.242. The van der Waals surface area contributed by atoms with Gasteiger partial charge in [-0.05, 0) is 43.5 Å². The molecule has 1 aliphatic rings. The highest BCUT2D eigenvalue weighted by molar-refractivity contribution is 5.30. The van der Waals surface area contributed by atoms with E-state index in [4.69, 9.17) is 4.74 Å². The van der Waals surface area contributed by atoms with Crippen LogP contribution in [0, 0.1) is 0 Å². The highest BCUT2D eigenvalue weighted by atomic mass is 16.5. The summed E-state index contributed by atoms with van der Waals surface area (Å²) >= 11 is 0. The summed E-state index contributed by atoms with van der Waals surface area (Å²) in [6.07, 6.45) is 1.46. The van der Waals surface area contributed by atoms with Crippen LogP contribution in [0.25, 0.3) is 0 Å². The molecule has 1 N–H and O–H groups in total. The van der Waals surface area contributed by atoms with Crippen LogP contribution in [0.3, 0.4) is 0 Å². The summed E-state index contributed by atoms with van der Waals surface area (Å²) < 4.78 is 5.74. The minimum Gasteiger partial charge on any atom is -0.491 e. The molecule has 0 spiro atoms. The van der Waals surface area contributed by atoms with Gasteiger partial charge in [0.15, 0.2) is 0 Å². The van der Waals surface area contributed by atoms with Crippen molar-refractivity contribution in [1.82, 2.24) is 5.32 Å². The van der Waals surface area contributed by atoms with Crippen molar-refractivity contribution in [2.24, 2.45) is 0 Å². The zero-order valence-corrected chi connectivity index (χ0v) is 12.8. The molecule has 1 fully saturated rings. The highest BCUT2D eigenvalue weighted by Crippen LogP contribution is 2.40. The molecule has 0 saturated heterocycles. The molecule has 0 aliphatic heterocycles. The Balaban J connectivity index is 1.52. The van der Waals surface area contributed by atoms with Gasteiger partial charge in [-0.1, -0.05) is 42.5 Å². The maximum Gasteiger partial charge on any atom is 0.120 e. The number of nitrogens with one attached hydrogen (secondary N) is 1. The van der Waals surface area contributed by atoms with Gasteiger partial charge < -0.3 is 10.1 Å². The van der Waals surface area contributed by atoms with E-state index in [9.17, 15) is 0 Å². The third-order valence-corrected chi connectivity index (χ3v) is 3.86. The van der Waals surface area contributed by atoms with Crippen LogP contribution in [0.1, 0.15) is 37.3 Å². The molecule has 21 heavy (non-hydrogen) atoms. The maximum atomic E-state index is 5.74. The Labute approximate surface area is 127 Å². The summed E-state index contributed by atoms with van der Waals surface area (Å²) in [6, 6.07) is 19.8. The summed E-state index contributed by atoms with van der Waals surface area (Å²) in [7, 11) is 0. The van der Waals surface area contributed by atoms with E-state index in [2.05, 4.69) is 67.7 Å². The predicted octanol–water partition coefficient (Wildman–Crippen LogP) is 4.12. The predicted molar refractivity (Wildman–Crippen MR) is 86.6 cm³/mol. The van der Waals surface area contributed by atoms with Crippen LogP contribution < -0.4 is 10.1 Å². The lowest BCUT2D eigenvalue weighted by Gasteiger charge is -2.11. The summed E-state index contributed by atoms with van der Waals surface area (Å²) in [5.41, 5.74) is 2.73. The molecule has 2 aromatic rings. The number of hydrogen-bond donors (Lipinski definition) is 1. The Hall–Kier alpha value is -1.80. The fourth-order valence-electron chi connectivity index (χ4n) is 2.74. The molecule has 1 saturated carbocycles. The molecule has 2 atom stereocenters. The summed E-state index contributed by atoms with van der Waals surface area (Å²) in [5.74, 6) is 1.64. The minimum atomic E-state index is 0.221. The molecular weight excluding hydrogens is 258 g/mol. The van der Waals surface area contributed by atoms with Crippen LogP contribution >= 0.6 is 0 Å². The van der Waals surface area contributed by atoms with Gasteiger partial charge in [0.05, 0.1) is 6.10 Å². The van der Waals surface area contributed by atoms with E-state index in [0.717, 1.165) is 12.3 Å². The molecule has 0 bridgehead atoms. The Morgan fingerprint density at radius 2 is 1.90 bits per heavy atom. The molecule has 0 amide bonds. The van der Waals surface area contributed by atoms with Gasteiger partial charge in [0.25, 0.3) is 0 Å². The normalized spacial score (nSPS) is 20.5. The van der Waals surface area contributed by atoms with E-state index < -0.39 is 0 Å². The lowest BCUT2D eigenvalue weighted by atomic mass is 10.1.